The van der Waals surface area contributed by atoms with E-state index in [-0.39, 0.29) is 41.1 Å². The van der Waals surface area contributed by atoms with Crippen LogP contribution in [-0.4, -0.2) is 43.4 Å². The van der Waals surface area contributed by atoms with Gasteiger partial charge in [0, 0.05) is 12.5 Å². The Bertz CT molecular complexity index is 1670. The van der Waals surface area contributed by atoms with Gasteiger partial charge in [-0.05, 0) is 57.5 Å². The van der Waals surface area contributed by atoms with Crippen molar-refractivity contribution in [3.63, 3.8) is 0 Å². The highest BCUT2D eigenvalue weighted by Crippen LogP contribution is 2.39. The maximum atomic E-state index is 14.0. The minimum atomic E-state index is -0.821. The molecule has 2 aromatic carbocycles. The van der Waals surface area contributed by atoms with Crippen molar-refractivity contribution in [2.24, 2.45) is 4.99 Å². The third-order valence-corrected chi connectivity index (χ3v) is 7.10. The number of hydrogen-bond acceptors (Lipinski definition) is 10. The van der Waals surface area contributed by atoms with E-state index in [0.717, 1.165) is 0 Å². The molecule has 0 N–H and O–H groups in total. The van der Waals surface area contributed by atoms with Crippen LogP contribution in [0.4, 0.5) is 0 Å². The number of hydrogen-bond donors (Lipinski definition) is 0. The monoisotopic (exact) mass is 580 g/mol. The number of esters is 2. The van der Waals surface area contributed by atoms with Gasteiger partial charge in [0.25, 0.3) is 5.56 Å². The first-order valence-electron chi connectivity index (χ1n) is 13.0. The van der Waals surface area contributed by atoms with E-state index in [1.807, 2.05) is 38.1 Å². The normalized spacial score (nSPS) is 14.8. The zero-order valence-corrected chi connectivity index (χ0v) is 24.8. The second-order valence-electron chi connectivity index (χ2n) is 9.35. The number of methoxy groups -OCH3 is 2. The molecule has 1 aliphatic rings. The number of ether oxygens (including phenoxy) is 5. The topological polar surface area (TPSA) is 115 Å². The molecular weight excluding hydrogens is 548 g/mol. The molecule has 0 bridgehead atoms. The lowest BCUT2D eigenvalue weighted by atomic mass is 9.95. The highest BCUT2D eigenvalue weighted by molar-refractivity contribution is 7.07. The molecule has 2 heterocycles. The molecule has 0 amide bonds. The second-order valence-corrected chi connectivity index (χ2v) is 10.4. The van der Waals surface area contributed by atoms with Crippen molar-refractivity contribution in [2.45, 2.75) is 46.8 Å². The number of carbonyl (C=O) groups excluding carboxylic acids is 2. The molecular formula is C30H32N2O8S. The van der Waals surface area contributed by atoms with Crippen LogP contribution in [0.15, 0.2) is 57.5 Å². The highest BCUT2D eigenvalue weighted by atomic mass is 32.1. The molecule has 1 aromatic heterocycles. The van der Waals surface area contributed by atoms with Crippen LogP contribution in [0.25, 0.3) is 6.08 Å². The van der Waals surface area contributed by atoms with Gasteiger partial charge in [-0.2, -0.15) is 0 Å². The van der Waals surface area contributed by atoms with Crippen LogP contribution < -0.4 is 33.8 Å². The molecule has 0 radical (unpaired) electrons. The standard InChI is InChI=1S/C30H32N2O8S/c1-8-38-29(35)25-17(4)31-30-32(26(25)20-11-9-10-12-21(20)39-16(2)3)28(34)24(41-30)15-19-13-22(36-6)27(40-18(5)33)23(14-19)37-7/h9-16,26H,8H2,1-7H3. The van der Waals surface area contributed by atoms with Crippen LogP contribution in [0.2, 0.25) is 0 Å². The van der Waals surface area contributed by atoms with Gasteiger partial charge in [-0.3, -0.25) is 14.2 Å². The number of thiazole rings is 1. The quantitative estimate of drug-likeness (QED) is 0.279. The zero-order valence-electron chi connectivity index (χ0n) is 24.0. The molecule has 3 aromatic rings. The molecule has 0 spiro atoms. The van der Waals surface area contributed by atoms with Crippen molar-refractivity contribution in [1.29, 1.82) is 0 Å². The number of allylic oxidation sites excluding steroid dienone is 1. The Kier molecular flexibility index (Phi) is 8.97. The summed E-state index contributed by atoms with van der Waals surface area (Å²) in [5.41, 5.74) is 1.57. The lowest BCUT2D eigenvalue weighted by Gasteiger charge is -2.26. The lowest BCUT2D eigenvalue weighted by molar-refractivity contribution is -0.139. The summed E-state index contributed by atoms with van der Waals surface area (Å²) in [5, 5.41) is 0. The molecule has 0 saturated carbocycles. The summed E-state index contributed by atoms with van der Waals surface area (Å²) in [4.78, 5) is 43.9. The van der Waals surface area contributed by atoms with Gasteiger partial charge in [-0.15, -0.1) is 0 Å². The maximum Gasteiger partial charge on any atom is 0.338 e. The van der Waals surface area contributed by atoms with E-state index in [9.17, 15) is 14.4 Å². The summed E-state index contributed by atoms with van der Waals surface area (Å²) < 4.78 is 29.5. The van der Waals surface area contributed by atoms with Crippen LogP contribution >= 0.6 is 11.3 Å². The largest absolute Gasteiger partial charge is 0.493 e. The Morgan fingerprint density at radius 1 is 1.10 bits per heavy atom. The fourth-order valence-electron chi connectivity index (χ4n) is 4.53. The predicted octanol–water partition coefficient (Wildman–Crippen LogP) is 3.53. The molecule has 1 aliphatic heterocycles. The molecule has 4 rings (SSSR count). The average molecular weight is 581 g/mol. The maximum absolute atomic E-state index is 14.0. The van der Waals surface area contributed by atoms with Gasteiger partial charge in [0.15, 0.2) is 16.3 Å². The number of benzene rings is 2. The van der Waals surface area contributed by atoms with Gasteiger partial charge < -0.3 is 23.7 Å². The average Bonchev–Trinajstić information content (AvgIpc) is 3.22. The van der Waals surface area contributed by atoms with Gasteiger partial charge in [-0.1, -0.05) is 29.5 Å². The predicted molar refractivity (Wildman–Crippen MR) is 153 cm³/mol. The lowest BCUT2D eigenvalue weighted by Crippen LogP contribution is -2.40. The fraction of sp³-hybridized carbons (Fsp3) is 0.333. The molecule has 0 aliphatic carbocycles. The van der Waals surface area contributed by atoms with Crippen LogP contribution in [0, 0.1) is 0 Å². The minimum Gasteiger partial charge on any atom is -0.493 e. The van der Waals surface area contributed by atoms with Crippen LogP contribution in [0.1, 0.15) is 51.8 Å². The summed E-state index contributed by atoms with van der Waals surface area (Å²) in [7, 11) is 2.88. The van der Waals surface area contributed by atoms with E-state index < -0.39 is 18.0 Å². The van der Waals surface area contributed by atoms with Crippen molar-refractivity contribution in [1.82, 2.24) is 4.57 Å². The number of para-hydroxylation sites is 1. The first-order valence-corrected chi connectivity index (χ1v) is 13.8. The van der Waals surface area contributed by atoms with Crippen molar-refractivity contribution in [3.05, 3.63) is 78.5 Å². The number of carbonyl (C=O) groups is 2. The first-order chi connectivity index (χ1) is 19.6. The number of nitrogens with zero attached hydrogens (tertiary/aromatic N) is 2. The van der Waals surface area contributed by atoms with E-state index in [4.69, 9.17) is 23.7 Å². The first kappa shape index (κ1) is 29.6. The number of aromatic nitrogens is 1. The minimum absolute atomic E-state index is 0.136. The Hall–Kier alpha value is -4.38. The number of fused-ring (bicyclic) bond motifs is 1. The van der Waals surface area contributed by atoms with Crippen molar-refractivity contribution in [2.75, 3.05) is 20.8 Å². The van der Waals surface area contributed by atoms with Crippen LogP contribution in [-0.2, 0) is 14.3 Å². The Morgan fingerprint density at radius 2 is 1.76 bits per heavy atom. The second kappa shape index (κ2) is 12.4. The van der Waals surface area contributed by atoms with E-state index in [2.05, 4.69) is 4.99 Å². The number of rotatable bonds is 9. The van der Waals surface area contributed by atoms with E-state index in [1.165, 1.54) is 37.0 Å². The van der Waals surface area contributed by atoms with Crippen molar-refractivity contribution in [3.8, 4) is 23.0 Å². The molecule has 41 heavy (non-hydrogen) atoms. The molecule has 1 unspecified atom stereocenters. The van der Waals surface area contributed by atoms with E-state index >= 15 is 0 Å². The van der Waals surface area contributed by atoms with Crippen LogP contribution in [0.5, 0.6) is 23.0 Å². The molecule has 11 heteroatoms. The smallest absolute Gasteiger partial charge is 0.338 e. The third kappa shape index (κ3) is 6.04. The summed E-state index contributed by atoms with van der Waals surface area (Å²) in [6.45, 7) is 8.72. The van der Waals surface area contributed by atoms with Crippen LogP contribution in [0.3, 0.4) is 0 Å². The molecule has 0 saturated heterocycles. The van der Waals surface area contributed by atoms with E-state index in [0.29, 0.717) is 31.9 Å². The summed E-state index contributed by atoms with van der Waals surface area (Å²) >= 11 is 1.18. The fourth-order valence-corrected chi connectivity index (χ4v) is 5.58. The third-order valence-electron chi connectivity index (χ3n) is 6.12. The zero-order chi connectivity index (χ0) is 29.8. The van der Waals surface area contributed by atoms with Gasteiger partial charge >= 0.3 is 11.9 Å². The highest BCUT2D eigenvalue weighted by Gasteiger charge is 2.35. The van der Waals surface area contributed by atoms with Crippen molar-refractivity contribution < 1.29 is 33.3 Å². The summed E-state index contributed by atoms with van der Waals surface area (Å²) in [6.07, 6.45) is 1.53. The van der Waals surface area contributed by atoms with Gasteiger partial charge in [0.2, 0.25) is 5.75 Å². The Morgan fingerprint density at radius 3 is 2.34 bits per heavy atom. The van der Waals surface area contributed by atoms with Gasteiger partial charge in [-0.25, -0.2) is 9.79 Å². The van der Waals surface area contributed by atoms with E-state index in [1.54, 1.807) is 32.1 Å². The van der Waals surface area contributed by atoms with Crippen molar-refractivity contribution >= 4 is 29.4 Å². The van der Waals surface area contributed by atoms with Gasteiger partial charge in [0.05, 0.1) is 42.7 Å². The molecule has 0 fully saturated rings. The molecule has 1 atom stereocenters. The molecule has 216 valence electrons. The summed E-state index contributed by atoms with van der Waals surface area (Å²) in [6, 6.07) is 9.77. The Balaban J connectivity index is 1.96. The Labute approximate surface area is 241 Å². The summed E-state index contributed by atoms with van der Waals surface area (Å²) in [5.74, 6) is 0.125. The van der Waals surface area contributed by atoms with Gasteiger partial charge in [0.1, 0.15) is 11.8 Å². The molecule has 10 nitrogen and oxygen atoms in total. The SMILES string of the molecule is CCOC(=O)C1=C(C)N=c2sc(=Cc3cc(OC)c(OC(C)=O)c(OC)c3)c(=O)n2C1c1ccccc1OC(C)C.